The van der Waals surface area contributed by atoms with Crippen LogP contribution < -0.4 is 4.74 Å². The first-order valence-corrected chi connectivity index (χ1v) is 7.82. The minimum absolute atomic E-state index is 0.140. The van der Waals surface area contributed by atoms with Crippen molar-refractivity contribution in [3.8, 4) is 11.5 Å². The summed E-state index contributed by atoms with van der Waals surface area (Å²) in [6.07, 6.45) is 3.44. The lowest BCUT2D eigenvalue weighted by Gasteiger charge is -2.23. The quantitative estimate of drug-likeness (QED) is 0.730. The minimum atomic E-state index is -0.155. The van der Waals surface area contributed by atoms with E-state index in [1.807, 2.05) is 30.3 Å². The van der Waals surface area contributed by atoms with Gasteiger partial charge in [-0.2, -0.15) is 0 Å². The van der Waals surface area contributed by atoms with E-state index in [0.29, 0.717) is 36.5 Å². The molecule has 0 saturated carbocycles. The molecule has 0 amide bonds. The Balaban J connectivity index is 2.25. The normalized spacial score (nSPS) is 10.8. The van der Waals surface area contributed by atoms with Gasteiger partial charge in [-0.15, -0.1) is 6.58 Å². The molecule has 128 valence electrons. The van der Waals surface area contributed by atoms with Gasteiger partial charge in [0, 0.05) is 37.0 Å². The second-order valence-electron chi connectivity index (χ2n) is 5.66. The first kappa shape index (κ1) is 18.0. The molecule has 0 unspecified atom stereocenters. The SMILES string of the molecule is C=CCN(Cc1cccc(OC)c1)Cc1c(CO)cnc(C)c1O. The predicted octanol–water partition coefficient (Wildman–Crippen LogP) is 2.78. The number of aliphatic hydroxyl groups excluding tert-OH is 1. The summed E-state index contributed by atoms with van der Waals surface area (Å²) >= 11 is 0. The van der Waals surface area contributed by atoms with Gasteiger partial charge in [-0.05, 0) is 24.6 Å². The maximum atomic E-state index is 10.3. The summed E-state index contributed by atoms with van der Waals surface area (Å²) in [5.74, 6) is 0.950. The Bertz CT molecular complexity index is 701. The number of nitrogens with zero attached hydrogens (tertiary/aromatic N) is 2. The summed E-state index contributed by atoms with van der Waals surface area (Å²) < 4.78 is 5.27. The third kappa shape index (κ3) is 4.34. The molecule has 2 N–H and O–H groups in total. The molecule has 1 heterocycles. The van der Waals surface area contributed by atoms with Crippen LogP contribution in [0.4, 0.5) is 0 Å². The first-order valence-electron chi connectivity index (χ1n) is 7.82. The van der Waals surface area contributed by atoms with E-state index in [1.165, 1.54) is 0 Å². The zero-order valence-electron chi connectivity index (χ0n) is 14.2. The fourth-order valence-corrected chi connectivity index (χ4v) is 2.62. The summed E-state index contributed by atoms with van der Waals surface area (Å²) in [5, 5.41) is 19.9. The van der Waals surface area contributed by atoms with Crippen molar-refractivity contribution in [1.29, 1.82) is 0 Å². The number of rotatable bonds is 8. The summed E-state index contributed by atoms with van der Waals surface area (Å²) in [6.45, 7) is 7.23. The summed E-state index contributed by atoms with van der Waals surface area (Å²) in [7, 11) is 1.64. The van der Waals surface area contributed by atoms with E-state index >= 15 is 0 Å². The van der Waals surface area contributed by atoms with Crippen LogP contribution in [0.1, 0.15) is 22.4 Å². The van der Waals surface area contributed by atoms with E-state index in [1.54, 1.807) is 20.2 Å². The van der Waals surface area contributed by atoms with Gasteiger partial charge in [-0.3, -0.25) is 9.88 Å². The Morgan fingerprint density at radius 3 is 2.79 bits per heavy atom. The van der Waals surface area contributed by atoms with Crippen LogP contribution in [-0.4, -0.2) is 33.8 Å². The van der Waals surface area contributed by atoms with Crippen LogP contribution >= 0.6 is 0 Å². The highest BCUT2D eigenvalue weighted by Crippen LogP contribution is 2.26. The van der Waals surface area contributed by atoms with Gasteiger partial charge in [-0.25, -0.2) is 0 Å². The Morgan fingerprint density at radius 1 is 1.33 bits per heavy atom. The molecule has 5 nitrogen and oxygen atoms in total. The molecule has 0 fully saturated rings. The predicted molar refractivity (Wildman–Crippen MR) is 93.9 cm³/mol. The van der Waals surface area contributed by atoms with Gasteiger partial charge in [-0.1, -0.05) is 18.2 Å². The molecule has 0 aliphatic rings. The monoisotopic (exact) mass is 328 g/mol. The van der Waals surface area contributed by atoms with Crippen LogP contribution in [0.25, 0.3) is 0 Å². The number of ether oxygens (including phenoxy) is 1. The third-order valence-electron chi connectivity index (χ3n) is 3.91. The molecule has 5 heteroatoms. The number of pyridine rings is 1. The lowest BCUT2D eigenvalue weighted by molar-refractivity contribution is 0.260. The van der Waals surface area contributed by atoms with Crippen molar-refractivity contribution in [2.45, 2.75) is 26.6 Å². The van der Waals surface area contributed by atoms with Gasteiger partial charge in [0.15, 0.2) is 0 Å². The molecule has 0 radical (unpaired) electrons. The molecular weight excluding hydrogens is 304 g/mol. The van der Waals surface area contributed by atoms with Crippen molar-refractivity contribution >= 4 is 0 Å². The number of aliphatic hydroxyl groups is 1. The lowest BCUT2D eigenvalue weighted by atomic mass is 10.1. The van der Waals surface area contributed by atoms with Gasteiger partial charge < -0.3 is 14.9 Å². The van der Waals surface area contributed by atoms with Crippen molar-refractivity contribution in [2.24, 2.45) is 0 Å². The summed E-state index contributed by atoms with van der Waals surface area (Å²) in [6, 6.07) is 7.88. The topological polar surface area (TPSA) is 65.8 Å². The van der Waals surface area contributed by atoms with Crippen molar-refractivity contribution < 1.29 is 14.9 Å². The average molecular weight is 328 g/mol. The Morgan fingerprint density at radius 2 is 2.12 bits per heavy atom. The maximum absolute atomic E-state index is 10.3. The molecule has 1 aromatic carbocycles. The number of aromatic hydroxyl groups is 1. The largest absolute Gasteiger partial charge is 0.506 e. The lowest BCUT2D eigenvalue weighted by Crippen LogP contribution is -2.24. The Labute approximate surface area is 142 Å². The number of hydrogen-bond donors (Lipinski definition) is 2. The molecule has 0 aliphatic carbocycles. The van der Waals surface area contributed by atoms with Gasteiger partial charge in [0.25, 0.3) is 0 Å². The van der Waals surface area contributed by atoms with E-state index in [0.717, 1.165) is 11.3 Å². The molecule has 0 aliphatic heterocycles. The molecule has 1 aromatic heterocycles. The maximum Gasteiger partial charge on any atom is 0.141 e. The summed E-state index contributed by atoms with van der Waals surface area (Å²) in [5.41, 5.74) is 3.00. The van der Waals surface area contributed by atoms with Crippen molar-refractivity contribution in [2.75, 3.05) is 13.7 Å². The van der Waals surface area contributed by atoms with Crippen molar-refractivity contribution in [3.63, 3.8) is 0 Å². The molecule has 0 atom stereocenters. The second kappa shape index (κ2) is 8.47. The number of aryl methyl sites for hydroxylation is 1. The highest BCUT2D eigenvalue weighted by molar-refractivity contribution is 5.40. The molecule has 0 saturated heterocycles. The van der Waals surface area contributed by atoms with E-state index in [2.05, 4.69) is 16.5 Å². The van der Waals surface area contributed by atoms with Crippen LogP contribution in [0.3, 0.4) is 0 Å². The van der Waals surface area contributed by atoms with Gasteiger partial charge in [0.05, 0.1) is 19.4 Å². The standard InChI is InChI=1S/C19H24N2O3/c1-4-8-21(11-15-6-5-7-17(9-15)24-3)12-18-16(13-22)10-20-14(2)19(18)23/h4-7,9-10,22-23H,1,8,11-13H2,2-3H3. The molecule has 2 rings (SSSR count). The summed E-state index contributed by atoms with van der Waals surface area (Å²) in [4.78, 5) is 6.24. The van der Waals surface area contributed by atoms with E-state index < -0.39 is 0 Å². The second-order valence-corrected chi connectivity index (χ2v) is 5.66. The molecule has 0 spiro atoms. The minimum Gasteiger partial charge on any atom is -0.506 e. The zero-order valence-corrected chi connectivity index (χ0v) is 14.2. The first-order chi connectivity index (χ1) is 11.6. The Hall–Kier alpha value is -2.37. The number of hydrogen-bond acceptors (Lipinski definition) is 5. The fourth-order valence-electron chi connectivity index (χ4n) is 2.62. The van der Waals surface area contributed by atoms with Gasteiger partial charge in [0.1, 0.15) is 11.5 Å². The van der Waals surface area contributed by atoms with E-state index in [9.17, 15) is 10.2 Å². The average Bonchev–Trinajstić information content (AvgIpc) is 2.59. The molecule has 24 heavy (non-hydrogen) atoms. The highest BCUT2D eigenvalue weighted by Gasteiger charge is 2.15. The van der Waals surface area contributed by atoms with Crippen LogP contribution in [0, 0.1) is 6.92 Å². The third-order valence-corrected chi connectivity index (χ3v) is 3.91. The number of methoxy groups -OCH3 is 1. The van der Waals surface area contributed by atoms with Crippen LogP contribution in [0.2, 0.25) is 0 Å². The van der Waals surface area contributed by atoms with E-state index in [-0.39, 0.29) is 12.4 Å². The van der Waals surface area contributed by atoms with Crippen LogP contribution in [0.5, 0.6) is 11.5 Å². The highest BCUT2D eigenvalue weighted by atomic mass is 16.5. The van der Waals surface area contributed by atoms with Crippen molar-refractivity contribution in [1.82, 2.24) is 9.88 Å². The number of benzene rings is 1. The van der Waals surface area contributed by atoms with Crippen LogP contribution in [-0.2, 0) is 19.7 Å². The van der Waals surface area contributed by atoms with Crippen molar-refractivity contribution in [3.05, 3.63) is 65.5 Å². The zero-order chi connectivity index (χ0) is 17.5. The fraction of sp³-hybridized carbons (Fsp3) is 0.316. The molecule has 2 aromatic rings. The van der Waals surface area contributed by atoms with E-state index in [4.69, 9.17) is 4.74 Å². The Kier molecular flexibility index (Phi) is 6.35. The molecular formula is C19H24N2O3. The molecule has 0 bridgehead atoms. The van der Waals surface area contributed by atoms with Gasteiger partial charge >= 0.3 is 0 Å². The van der Waals surface area contributed by atoms with Crippen LogP contribution in [0.15, 0.2) is 43.1 Å². The van der Waals surface area contributed by atoms with Gasteiger partial charge in [0.2, 0.25) is 0 Å². The smallest absolute Gasteiger partial charge is 0.141 e. The number of aromatic nitrogens is 1.